The predicted octanol–water partition coefficient (Wildman–Crippen LogP) is 6.62. The molecule has 1 N–H and O–H groups in total. The highest BCUT2D eigenvalue weighted by atomic mass is 16.5. The Morgan fingerprint density at radius 3 is 2.00 bits per heavy atom. The predicted molar refractivity (Wildman–Crippen MR) is 132 cm³/mol. The highest BCUT2D eigenvalue weighted by molar-refractivity contribution is 5.73. The molecule has 5 aromatic rings. The lowest BCUT2D eigenvalue weighted by molar-refractivity contribution is 0.415. The van der Waals surface area contributed by atoms with Crippen molar-refractivity contribution in [3.63, 3.8) is 0 Å². The summed E-state index contributed by atoms with van der Waals surface area (Å²) in [7, 11) is 1.66. The van der Waals surface area contributed by atoms with Crippen molar-refractivity contribution in [3.05, 3.63) is 109 Å². The van der Waals surface area contributed by atoms with E-state index in [-0.39, 0.29) is 0 Å². The Bertz CT molecular complexity index is 1350. The van der Waals surface area contributed by atoms with Crippen LogP contribution in [0.4, 0.5) is 11.5 Å². The van der Waals surface area contributed by atoms with Gasteiger partial charge in [0.15, 0.2) is 5.82 Å². The van der Waals surface area contributed by atoms with Gasteiger partial charge in [-0.3, -0.25) is 4.98 Å². The molecule has 160 valence electrons. The summed E-state index contributed by atoms with van der Waals surface area (Å²) in [6.07, 6.45) is 3.70. The van der Waals surface area contributed by atoms with E-state index in [1.807, 2.05) is 91.3 Å². The maximum absolute atomic E-state index is 5.26. The average Bonchev–Trinajstić information content (AvgIpc) is 2.90. The molecule has 3 aromatic carbocycles. The minimum atomic E-state index is 0.647. The first kappa shape index (κ1) is 20.4. The molecule has 0 fully saturated rings. The van der Waals surface area contributed by atoms with Crippen LogP contribution in [0.5, 0.6) is 5.75 Å². The molecular formula is C28H22N4O. The van der Waals surface area contributed by atoms with E-state index in [0.717, 1.165) is 39.4 Å². The summed E-state index contributed by atoms with van der Waals surface area (Å²) in [5.74, 6) is 2.15. The fourth-order valence-electron chi connectivity index (χ4n) is 3.57. The molecule has 0 radical (unpaired) electrons. The lowest BCUT2D eigenvalue weighted by Crippen LogP contribution is -2.00. The smallest absolute Gasteiger partial charge is 0.162 e. The SMILES string of the molecule is COc1ccc(Nc2cc(-c3cncc(-c4ccccc4)c3)nc(-c3ccccc3)n2)cc1. The quantitative estimate of drug-likeness (QED) is 0.328. The van der Waals surface area contributed by atoms with Crippen molar-refractivity contribution in [1.82, 2.24) is 15.0 Å². The van der Waals surface area contributed by atoms with E-state index >= 15 is 0 Å². The van der Waals surface area contributed by atoms with Crippen LogP contribution in [0.1, 0.15) is 0 Å². The van der Waals surface area contributed by atoms with Crippen LogP contribution in [0.25, 0.3) is 33.8 Å². The van der Waals surface area contributed by atoms with Crippen molar-refractivity contribution in [1.29, 1.82) is 0 Å². The third-order valence-electron chi connectivity index (χ3n) is 5.26. The van der Waals surface area contributed by atoms with Gasteiger partial charge in [0.2, 0.25) is 0 Å². The molecule has 0 amide bonds. The largest absolute Gasteiger partial charge is 0.497 e. The van der Waals surface area contributed by atoms with Gasteiger partial charge in [0.05, 0.1) is 12.8 Å². The number of nitrogens with one attached hydrogen (secondary N) is 1. The highest BCUT2D eigenvalue weighted by Crippen LogP contribution is 2.29. The van der Waals surface area contributed by atoms with E-state index < -0.39 is 0 Å². The zero-order valence-electron chi connectivity index (χ0n) is 18.1. The van der Waals surface area contributed by atoms with E-state index in [1.165, 1.54) is 0 Å². The molecule has 33 heavy (non-hydrogen) atoms. The van der Waals surface area contributed by atoms with Gasteiger partial charge in [-0.1, -0.05) is 60.7 Å². The highest BCUT2D eigenvalue weighted by Gasteiger charge is 2.11. The average molecular weight is 431 g/mol. The zero-order valence-corrected chi connectivity index (χ0v) is 18.1. The number of nitrogens with zero attached hydrogens (tertiary/aromatic N) is 3. The number of anilines is 2. The first-order valence-electron chi connectivity index (χ1n) is 10.6. The van der Waals surface area contributed by atoms with Gasteiger partial charge >= 0.3 is 0 Å². The summed E-state index contributed by atoms with van der Waals surface area (Å²) >= 11 is 0. The molecule has 5 heteroatoms. The van der Waals surface area contributed by atoms with E-state index in [1.54, 1.807) is 7.11 Å². The number of hydrogen-bond donors (Lipinski definition) is 1. The van der Waals surface area contributed by atoms with Gasteiger partial charge in [-0.15, -0.1) is 0 Å². The van der Waals surface area contributed by atoms with Crippen LogP contribution in [0.2, 0.25) is 0 Å². The fraction of sp³-hybridized carbons (Fsp3) is 0.0357. The number of ether oxygens (including phenoxy) is 1. The Morgan fingerprint density at radius 2 is 1.30 bits per heavy atom. The molecule has 2 aromatic heterocycles. The molecule has 0 atom stereocenters. The van der Waals surface area contributed by atoms with Crippen LogP contribution in [0.3, 0.4) is 0 Å². The second-order valence-electron chi connectivity index (χ2n) is 7.51. The lowest BCUT2D eigenvalue weighted by Gasteiger charge is -2.12. The van der Waals surface area contributed by atoms with Crippen LogP contribution in [0, 0.1) is 0 Å². The number of aromatic nitrogens is 3. The molecule has 0 aliphatic heterocycles. The van der Waals surface area contributed by atoms with Gasteiger partial charge in [-0.25, -0.2) is 9.97 Å². The number of methoxy groups -OCH3 is 1. The van der Waals surface area contributed by atoms with Gasteiger partial charge in [0.1, 0.15) is 11.6 Å². The van der Waals surface area contributed by atoms with Crippen LogP contribution in [-0.4, -0.2) is 22.1 Å². The Kier molecular flexibility index (Phi) is 5.76. The Hall–Kier alpha value is -4.51. The van der Waals surface area contributed by atoms with E-state index in [2.05, 4.69) is 28.5 Å². The first-order chi connectivity index (χ1) is 16.3. The summed E-state index contributed by atoms with van der Waals surface area (Å²) in [6.45, 7) is 0. The molecular weight excluding hydrogens is 408 g/mol. The Labute approximate surface area is 192 Å². The minimum absolute atomic E-state index is 0.647. The molecule has 0 aliphatic carbocycles. The monoisotopic (exact) mass is 430 g/mol. The Balaban J connectivity index is 1.57. The van der Waals surface area contributed by atoms with Crippen LogP contribution >= 0.6 is 0 Å². The summed E-state index contributed by atoms with van der Waals surface area (Å²) in [4.78, 5) is 14.1. The van der Waals surface area contributed by atoms with Gasteiger partial charge in [-0.05, 0) is 35.9 Å². The summed E-state index contributed by atoms with van der Waals surface area (Å²) in [5, 5.41) is 3.39. The maximum Gasteiger partial charge on any atom is 0.162 e. The van der Waals surface area contributed by atoms with Crippen LogP contribution < -0.4 is 10.1 Å². The van der Waals surface area contributed by atoms with Gasteiger partial charge < -0.3 is 10.1 Å². The van der Waals surface area contributed by atoms with Crippen LogP contribution in [0.15, 0.2) is 109 Å². The summed E-state index contributed by atoms with van der Waals surface area (Å²) in [6, 6.07) is 32.0. The molecule has 2 heterocycles. The fourth-order valence-corrected chi connectivity index (χ4v) is 3.57. The normalized spacial score (nSPS) is 10.6. The van der Waals surface area contributed by atoms with Crippen molar-refractivity contribution in [3.8, 4) is 39.5 Å². The molecule has 0 saturated carbocycles. The number of pyridine rings is 1. The lowest BCUT2D eigenvalue weighted by atomic mass is 10.0. The van der Waals surface area contributed by atoms with E-state index in [0.29, 0.717) is 11.6 Å². The molecule has 0 saturated heterocycles. The topological polar surface area (TPSA) is 59.9 Å². The van der Waals surface area contributed by atoms with Gasteiger partial charge in [0.25, 0.3) is 0 Å². The summed E-state index contributed by atoms with van der Waals surface area (Å²) in [5.41, 5.74) is 5.73. The van der Waals surface area contributed by atoms with Crippen molar-refractivity contribution >= 4 is 11.5 Å². The number of rotatable bonds is 6. The van der Waals surface area contributed by atoms with E-state index in [4.69, 9.17) is 14.7 Å². The minimum Gasteiger partial charge on any atom is -0.497 e. The molecule has 5 rings (SSSR count). The zero-order chi connectivity index (χ0) is 22.5. The molecule has 0 aliphatic rings. The molecule has 0 unspecified atom stereocenters. The van der Waals surface area contributed by atoms with Crippen molar-refractivity contribution in [2.45, 2.75) is 0 Å². The second-order valence-corrected chi connectivity index (χ2v) is 7.51. The third kappa shape index (κ3) is 4.72. The van der Waals surface area contributed by atoms with Crippen LogP contribution in [-0.2, 0) is 0 Å². The first-order valence-corrected chi connectivity index (χ1v) is 10.6. The van der Waals surface area contributed by atoms with Gasteiger partial charge in [-0.2, -0.15) is 0 Å². The van der Waals surface area contributed by atoms with Crippen molar-refractivity contribution in [2.24, 2.45) is 0 Å². The molecule has 5 nitrogen and oxygen atoms in total. The van der Waals surface area contributed by atoms with Crippen molar-refractivity contribution in [2.75, 3.05) is 12.4 Å². The van der Waals surface area contributed by atoms with Gasteiger partial charge in [0, 0.05) is 40.8 Å². The van der Waals surface area contributed by atoms with Crippen molar-refractivity contribution < 1.29 is 4.74 Å². The number of hydrogen-bond acceptors (Lipinski definition) is 5. The number of benzene rings is 3. The standard InChI is InChI=1S/C28H22N4O/c1-33-25-14-12-24(13-15-25)30-27-17-26(31-28(32-27)21-10-6-3-7-11-21)23-16-22(18-29-19-23)20-8-4-2-5-9-20/h2-19H,1H3,(H,30,31,32). The summed E-state index contributed by atoms with van der Waals surface area (Å²) < 4.78 is 5.26. The molecule has 0 spiro atoms. The maximum atomic E-state index is 5.26. The van der Waals surface area contributed by atoms with E-state index in [9.17, 15) is 0 Å². The Morgan fingerprint density at radius 1 is 0.636 bits per heavy atom. The second kappa shape index (κ2) is 9.32. The molecule has 0 bridgehead atoms. The third-order valence-corrected chi connectivity index (χ3v) is 5.26.